The van der Waals surface area contributed by atoms with E-state index in [0.717, 1.165) is 78.4 Å². The summed E-state index contributed by atoms with van der Waals surface area (Å²) in [5.41, 5.74) is 3.21. The van der Waals surface area contributed by atoms with E-state index in [9.17, 15) is 10.2 Å². The zero-order chi connectivity index (χ0) is 32.5. The number of ether oxygens (including phenoxy) is 3. The Balaban J connectivity index is 1.68. The maximum Gasteiger partial charge on any atom is 0.230 e. The van der Waals surface area contributed by atoms with Gasteiger partial charge in [0.25, 0.3) is 0 Å². The molecule has 2 aliphatic carbocycles. The van der Waals surface area contributed by atoms with E-state index in [1.54, 1.807) is 24.9 Å². The number of hydrogen-bond acceptors (Lipinski definition) is 9. The summed E-state index contributed by atoms with van der Waals surface area (Å²) in [6.45, 7) is 6.88. The number of thioether (sulfide) groups is 2. The predicted molar refractivity (Wildman–Crippen MR) is 188 cm³/mol. The van der Waals surface area contributed by atoms with Crippen molar-refractivity contribution >= 4 is 29.2 Å². The van der Waals surface area contributed by atoms with Gasteiger partial charge in [-0.2, -0.15) is 11.8 Å². The number of fused-ring (bicyclic) bond motifs is 2. The number of oxime groups is 1. The van der Waals surface area contributed by atoms with E-state index in [4.69, 9.17) is 19.0 Å². The lowest BCUT2D eigenvalue weighted by atomic mass is 9.56. The summed E-state index contributed by atoms with van der Waals surface area (Å²) in [4.78, 5) is 6.65. The van der Waals surface area contributed by atoms with E-state index in [-0.39, 0.29) is 42.1 Å². The van der Waals surface area contributed by atoms with Gasteiger partial charge >= 0.3 is 0 Å². The first-order chi connectivity index (χ1) is 22.5. The summed E-state index contributed by atoms with van der Waals surface area (Å²) >= 11 is 3.55. The van der Waals surface area contributed by atoms with E-state index < -0.39 is 5.79 Å². The second kappa shape index (κ2) is 16.6. The first kappa shape index (κ1) is 34.9. The molecule has 0 radical (unpaired) electrons. The zero-order valence-corrected chi connectivity index (χ0v) is 29.0. The van der Waals surface area contributed by atoms with Crippen LogP contribution in [-0.2, 0) is 9.57 Å². The Morgan fingerprint density at radius 2 is 1.78 bits per heavy atom. The van der Waals surface area contributed by atoms with Crippen molar-refractivity contribution in [1.82, 2.24) is 0 Å². The third kappa shape index (κ3) is 7.34. The van der Waals surface area contributed by atoms with Gasteiger partial charge in [0.05, 0.1) is 23.5 Å². The molecule has 3 aliphatic rings. The van der Waals surface area contributed by atoms with Crippen LogP contribution in [0, 0.1) is 17.8 Å². The zero-order valence-electron chi connectivity index (χ0n) is 27.4. The highest BCUT2D eigenvalue weighted by Gasteiger charge is 2.63. The third-order valence-electron chi connectivity index (χ3n) is 9.49. The highest BCUT2D eigenvalue weighted by atomic mass is 32.2. The first-order valence-electron chi connectivity index (χ1n) is 16.6. The van der Waals surface area contributed by atoms with Crippen LogP contribution in [0.2, 0.25) is 0 Å². The van der Waals surface area contributed by atoms with E-state index in [2.05, 4.69) is 49.2 Å². The van der Waals surface area contributed by atoms with Crippen molar-refractivity contribution in [3.8, 4) is 17.2 Å². The number of nitrogens with zero attached hydrogens (tertiary/aromatic N) is 1. The van der Waals surface area contributed by atoms with Gasteiger partial charge in [-0.15, -0.1) is 18.3 Å². The number of aliphatic hydroxyl groups excluding tert-OH is 2. The number of unbranched alkanes of at least 4 members (excludes halogenated alkanes) is 2. The lowest BCUT2D eigenvalue weighted by molar-refractivity contribution is -0.223. The molecule has 2 aromatic carbocycles. The molecule has 9 heteroatoms. The number of aliphatic hydroxyl groups is 2. The normalized spacial score (nSPS) is 27.3. The monoisotopic (exact) mass is 667 g/mol. The van der Waals surface area contributed by atoms with Gasteiger partial charge in [0.2, 0.25) is 5.79 Å². The predicted octanol–water partition coefficient (Wildman–Crippen LogP) is 8.22. The summed E-state index contributed by atoms with van der Waals surface area (Å²) in [7, 11) is 1.62. The second-order valence-electron chi connectivity index (χ2n) is 12.2. The molecule has 0 aromatic heterocycles. The lowest BCUT2D eigenvalue weighted by Gasteiger charge is -2.58. The fourth-order valence-electron chi connectivity index (χ4n) is 7.63. The molecule has 2 aromatic rings. The molecule has 46 heavy (non-hydrogen) atoms. The maximum absolute atomic E-state index is 9.75. The van der Waals surface area contributed by atoms with Crippen LogP contribution in [0.3, 0.4) is 0 Å². The second-order valence-corrected chi connectivity index (χ2v) is 14.5. The van der Waals surface area contributed by atoms with E-state index in [1.807, 2.05) is 36.0 Å². The number of allylic oxidation sites excluding steroid dienone is 1. The van der Waals surface area contributed by atoms with Crippen molar-refractivity contribution in [2.45, 2.75) is 73.7 Å². The molecule has 1 aliphatic heterocycles. The third-order valence-corrected chi connectivity index (χ3v) is 11.5. The van der Waals surface area contributed by atoms with Crippen molar-refractivity contribution in [3.05, 3.63) is 72.3 Å². The van der Waals surface area contributed by atoms with E-state index >= 15 is 0 Å². The lowest BCUT2D eigenvalue weighted by Crippen LogP contribution is -2.64. The first-order valence-corrected chi connectivity index (χ1v) is 18.9. The Morgan fingerprint density at radius 3 is 2.46 bits per heavy atom. The van der Waals surface area contributed by atoms with Crippen molar-refractivity contribution in [1.29, 1.82) is 0 Å². The Labute approximate surface area is 282 Å². The molecule has 7 nitrogen and oxygen atoms in total. The Hall–Kier alpha value is -2.43. The van der Waals surface area contributed by atoms with Crippen LogP contribution in [0.1, 0.15) is 63.4 Å². The number of rotatable bonds is 17. The minimum Gasteiger partial charge on any atom is -0.460 e. The average molecular weight is 668 g/mol. The average Bonchev–Trinajstić information content (AvgIpc) is 3.07. The molecule has 1 heterocycles. The molecule has 0 bridgehead atoms. The molecule has 6 atom stereocenters. The summed E-state index contributed by atoms with van der Waals surface area (Å²) < 4.78 is 20.4. The van der Waals surface area contributed by atoms with Gasteiger partial charge in [0.15, 0.2) is 0 Å². The smallest absolute Gasteiger partial charge is 0.230 e. The van der Waals surface area contributed by atoms with E-state index in [1.165, 1.54) is 4.90 Å². The summed E-state index contributed by atoms with van der Waals surface area (Å²) in [6.07, 6.45) is 12.2. The molecule has 0 amide bonds. The Morgan fingerprint density at radius 1 is 1.04 bits per heavy atom. The van der Waals surface area contributed by atoms with Crippen molar-refractivity contribution in [2.24, 2.45) is 22.9 Å². The van der Waals surface area contributed by atoms with Crippen molar-refractivity contribution < 1.29 is 29.3 Å². The minimum atomic E-state index is -0.924. The van der Waals surface area contributed by atoms with Crippen LogP contribution < -0.4 is 9.47 Å². The van der Waals surface area contributed by atoms with Crippen LogP contribution in [0.5, 0.6) is 17.2 Å². The fraction of sp³-hybridized carbons (Fsp3) is 0.541. The van der Waals surface area contributed by atoms with Gasteiger partial charge in [-0.1, -0.05) is 37.1 Å². The van der Waals surface area contributed by atoms with Gasteiger partial charge in [0, 0.05) is 36.0 Å². The highest BCUT2D eigenvalue weighted by Crippen LogP contribution is 2.62. The van der Waals surface area contributed by atoms with Crippen LogP contribution in [0.15, 0.2) is 76.8 Å². The van der Waals surface area contributed by atoms with Crippen molar-refractivity contribution in [3.63, 3.8) is 0 Å². The van der Waals surface area contributed by atoms with Crippen LogP contribution in [0.25, 0.3) is 0 Å². The highest BCUT2D eigenvalue weighted by molar-refractivity contribution is 8.00. The van der Waals surface area contributed by atoms with Gasteiger partial charge in [0.1, 0.15) is 24.4 Å². The van der Waals surface area contributed by atoms with Crippen LogP contribution >= 0.6 is 23.5 Å². The number of benzene rings is 2. The summed E-state index contributed by atoms with van der Waals surface area (Å²) in [6, 6.07) is 14.4. The largest absolute Gasteiger partial charge is 0.460 e. The molecule has 0 saturated heterocycles. The molecule has 0 spiro atoms. The molecular weight excluding hydrogens is 619 g/mol. The topological polar surface area (TPSA) is 89.7 Å². The standard InChI is InChI=1S/C37H49NO6S2/c1-5-21-42-37-34(46-6-2)24-32(38-41-3)30-22-25(11-7-9-19-39)29(12-8-10-20-40)35(36(30)37)31-23-27(15-18-33(31)44-37)43-26-13-16-28(45-4)17-14-26/h5,13-18,22-23,25,29,34-36,39-40H,1,6-12,19-21,24H2,2-4H3/t25-,29+,34-,35+,36+,37+/m0/s1. The quantitative estimate of drug-likeness (QED) is 0.0755. The fourth-order valence-corrected chi connectivity index (χ4v) is 9.21. The minimum absolute atomic E-state index is 0.0148. The van der Waals surface area contributed by atoms with Gasteiger partial charge < -0.3 is 29.3 Å². The van der Waals surface area contributed by atoms with Gasteiger partial charge in [-0.05, 0) is 97.6 Å². The van der Waals surface area contributed by atoms with Crippen LogP contribution in [0.4, 0.5) is 0 Å². The Bertz CT molecular complexity index is 1360. The number of hydrogen-bond donors (Lipinski definition) is 2. The molecule has 5 rings (SSSR count). The SMILES string of the molecule is C=CCO[C@@]12Oc3ccc(Oc4ccc(SC)cc4)cc3[C@H]3[C@H](CCCCO)[C@@H](CCCCO)C=C(C(=NOC)C[C@@H]1SCC)[C@H]32. The van der Waals surface area contributed by atoms with Crippen LogP contribution in [-0.4, -0.2) is 65.9 Å². The maximum atomic E-state index is 9.75. The van der Waals surface area contributed by atoms with Gasteiger partial charge in [-0.25, -0.2) is 0 Å². The van der Waals surface area contributed by atoms with Gasteiger partial charge in [-0.3, -0.25) is 0 Å². The summed E-state index contributed by atoms with van der Waals surface area (Å²) in [5.74, 6) is 2.80. The molecule has 2 N–H and O–H groups in total. The molecule has 0 unspecified atom stereocenters. The Kier molecular flexibility index (Phi) is 12.6. The summed E-state index contributed by atoms with van der Waals surface area (Å²) in [5, 5.41) is 24.0. The van der Waals surface area contributed by atoms with Crippen molar-refractivity contribution in [2.75, 3.05) is 38.9 Å². The molecule has 1 saturated carbocycles. The molecule has 1 fully saturated rings. The molecular formula is C37H49NO6S2. The molecule has 250 valence electrons. The van der Waals surface area contributed by atoms with E-state index in [0.29, 0.717) is 13.0 Å².